The van der Waals surface area contributed by atoms with Crippen molar-refractivity contribution in [2.75, 3.05) is 20.1 Å². The summed E-state index contributed by atoms with van der Waals surface area (Å²) < 4.78 is 0. The number of hydrogen-bond donors (Lipinski definition) is 0. The number of piperidine rings is 1. The molecule has 2 fully saturated rings. The van der Waals surface area contributed by atoms with Crippen LogP contribution in [-0.4, -0.2) is 41.9 Å². The third-order valence-electron chi connectivity index (χ3n) is 5.15. The van der Waals surface area contributed by atoms with Crippen molar-refractivity contribution in [3.05, 3.63) is 34.9 Å². The maximum Gasteiger partial charge on any atom is 0.225 e. The van der Waals surface area contributed by atoms with Gasteiger partial charge in [-0.2, -0.15) is 0 Å². The number of carbonyl (C=O) groups is 1. The zero-order chi connectivity index (χ0) is 15.5. The van der Waals surface area contributed by atoms with Gasteiger partial charge in [0.1, 0.15) is 0 Å². The molecule has 1 unspecified atom stereocenters. The molecule has 0 bridgehead atoms. The van der Waals surface area contributed by atoms with Gasteiger partial charge in [0.05, 0.1) is 0 Å². The molecular weight excluding hydrogens is 296 g/mol. The summed E-state index contributed by atoms with van der Waals surface area (Å²) in [4.78, 5) is 16.9. The van der Waals surface area contributed by atoms with Crippen LogP contribution in [0.3, 0.4) is 0 Å². The molecule has 1 aliphatic heterocycles. The number of carbonyl (C=O) groups excluding carboxylic acids is 1. The molecule has 0 aromatic heterocycles. The topological polar surface area (TPSA) is 23.6 Å². The molecule has 1 heterocycles. The first-order valence-electron chi connectivity index (χ1n) is 8.37. The number of halogens is 1. The van der Waals surface area contributed by atoms with E-state index >= 15 is 0 Å². The molecule has 0 N–H and O–H groups in total. The molecule has 3 nitrogen and oxygen atoms in total. The van der Waals surface area contributed by atoms with Gasteiger partial charge in [0.25, 0.3) is 0 Å². The van der Waals surface area contributed by atoms with Gasteiger partial charge >= 0.3 is 0 Å². The van der Waals surface area contributed by atoms with Crippen LogP contribution in [0.1, 0.15) is 37.7 Å². The van der Waals surface area contributed by atoms with Crippen LogP contribution < -0.4 is 0 Å². The zero-order valence-electron chi connectivity index (χ0n) is 13.3. The smallest absolute Gasteiger partial charge is 0.225 e. The Morgan fingerprint density at radius 2 is 1.95 bits per heavy atom. The van der Waals surface area contributed by atoms with Crippen LogP contribution in [0.4, 0.5) is 0 Å². The molecule has 0 radical (unpaired) electrons. The van der Waals surface area contributed by atoms with Gasteiger partial charge in [-0.3, -0.25) is 9.69 Å². The minimum Gasteiger partial charge on any atom is -0.341 e. The first-order chi connectivity index (χ1) is 10.6. The standard InChI is InChI=1S/C18H25ClN2O/c1-20(18(22)15-4-2-5-15)17-6-3-11-21(13-17)12-14-7-9-16(19)10-8-14/h7-10,15,17H,2-6,11-13H2,1H3. The molecule has 1 saturated carbocycles. The van der Waals surface area contributed by atoms with Crippen molar-refractivity contribution in [2.24, 2.45) is 5.92 Å². The Labute approximate surface area is 138 Å². The van der Waals surface area contributed by atoms with E-state index in [1.165, 1.54) is 18.4 Å². The summed E-state index contributed by atoms with van der Waals surface area (Å²) in [5.41, 5.74) is 1.29. The maximum absolute atomic E-state index is 12.4. The second kappa shape index (κ2) is 7.01. The first kappa shape index (κ1) is 15.8. The molecule has 1 atom stereocenters. The lowest BCUT2D eigenvalue weighted by atomic mass is 9.84. The summed E-state index contributed by atoms with van der Waals surface area (Å²) in [6, 6.07) is 8.45. The van der Waals surface area contributed by atoms with Crippen LogP contribution in [0.2, 0.25) is 5.02 Å². The lowest BCUT2D eigenvalue weighted by molar-refractivity contribution is -0.140. The third kappa shape index (κ3) is 3.64. The van der Waals surface area contributed by atoms with E-state index in [2.05, 4.69) is 17.0 Å². The highest BCUT2D eigenvalue weighted by Gasteiger charge is 2.32. The summed E-state index contributed by atoms with van der Waals surface area (Å²) in [5, 5.41) is 0.783. The van der Waals surface area contributed by atoms with Crippen LogP contribution in [0.5, 0.6) is 0 Å². The van der Waals surface area contributed by atoms with E-state index in [4.69, 9.17) is 11.6 Å². The van der Waals surface area contributed by atoms with Gasteiger partial charge < -0.3 is 4.90 Å². The van der Waals surface area contributed by atoms with Crippen molar-refractivity contribution in [3.63, 3.8) is 0 Å². The van der Waals surface area contributed by atoms with Crippen LogP contribution in [0, 0.1) is 5.92 Å². The molecule has 4 heteroatoms. The van der Waals surface area contributed by atoms with Gasteiger partial charge in [0.2, 0.25) is 5.91 Å². The van der Waals surface area contributed by atoms with Crippen molar-refractivity contribution in [2.45, 2.75) is 44.7 Å². The molecule has 1 aromatic rings. The van der Waals surface area contributed by atoms with Crippen molar-refractivity contribution < 1.29 is 4.79 Å². The molecule has 3 rings (SSSR count). The number of nitrogens with zero attached hydrogens (tertiary/aromatic N) is 2. The second-order valence-corrected chi connectivity index (χ2v) is 7.17. The Morgan fingerprint density at radius 1 is 1.23 bits per heavy atom. The van der Waals surface area contributed by atoms with E-state index in [-0.39, 0.29) is 0 Å². The molecule has 1 aliphatic carbocycles. The van der Waals surface area contributed by atoms with E-state index in [1.807, 2.05) is 24.1 Å². The normalized spacial score (nSPS) is 23.1. The van der Waals surface area contributed by atoms with E-state index in [9.17, 15) is 4.79 Å². The SMILES string of the molecule is CN(C(=O)C1CCC1)C1CCCN(Cc2ccc(Cl)cc2)C1. The van der Waals surface area contributed by atoms with Crippen molar-refractivity contribution >= 4 is 17.5 Å². The van der Waals surface area contributed by atoms with Crippen molar-refractivity contribution in [1.82, 2.24) is 9.80 Å². The third-order valence-corrected chi connectivity index (χ3v) is 5.40. The Morgan fingerprint density at radius 3 is 2.59 bits per heavy atom. The van der Waals surface area contributed by atoms with E-state index < -0.39 is 0 Å². The van der Waals surface area contributed by atoms with Crippen LogP contribution in [-0.2, 0) is 11.3 Å². The highest BCUT2D eigenvalue weighted by atomic mass is 35.5. The summed E-state index contributed by atoms with van der Waals surface area (Å²) in [7, 11) is 2.00. The summed E-state index contributed by atoms with van der Waals surface area (Å²) in [6.07, 6.45) is 5.69. The highest BCUT2D eigenvalue weighted by Crippen LogP contribution is 2.29. The van der Waals surface area contributed by atoms with Gasteiger partial charge in [-0.05, 0) is 49.9 Å². The van der Waals surface area contributed by atoms with Gasteiger partial charge in [0.15, 0.2) is 0 Å². The molecule has 1 aromatic carbocycles. The van der Waals surface area contributed by atoms with Crippen molar-refractivity contribution in [3.8, 4) is 0 Å². The largest absolute Gasteiger partial charge is 0.341 e. The lowest BCUT2D eigenvalue weighted by Gasteiger charge is -2.40. The molecule has 2 aliphatic rings. The zero-order valence-corrected chi connectivity index (χ0v) is 14.1. The average molecular weight is 321 g/mol. The quantitative estimate of drug-likeness (QED) is 0.847. The molecule has 22 heavy (non-hydrogen) atoms. The summed E-state index contributed by atoms with van der Waals surface area (Å²) in [5.74, 6) is 0.668. The molecular formula is C18H25ClN2O. The molecule has 1 amide bonds. The minimum absolute atomic E-state index is 0.302. The van der Waals surface area contributed by atoms with Gasteiger partial charge in [-0.1, -0.05) is 30.2 Å². The molecule has 120 valence electrons. The number of likely N-dealkylation sites (N-methyl/N-ethyl adjacent to an activating group) is 1. The van der Waals surface area contributed by atoms with Crippen LogP contribution >= 0.6 is 11.6 Å². The fourth-order valence-corrected chi connectivity index (χ4v) is 3.59. The van der Waals surface area contributed by atoms with E-state index in [0.29, 0.717) is 17.9 Å². The summed E-state index contributed by atoms with van der Waals surface area (Å²) >= 11 is 5.95. The highest BCUT2D eigenvalue weighted by molar-refractivity contribution is 6.30. The van der Waals surface area contributed by atoms with Crippen LogP contribution in [0.15, 0.2) is 24.3 Å². The van der Waals surface area contributed by atoms with Crippen molar-refractivity contribution in [1.29, 1.82) is 0 Å². The molecule has 0 spiro atoms. The predicted octanol–water partition coefficient (Wildman–Crippen LogP) is 3.56. The molecule has 1 saturated heterocycles. The maximum atomic E-state index is 12.4. The average Bonchev–Trinajstić information content (AvgIpc) is 2.47. The second-order valence-electron chi connectivity index (χ2n) is 6.73. The van der Waals surface area contributed by atoms with E-state index in [1.54, 1.807) is 0 Å². The Kier molecular flexibility index (Phi) is 5.04. The fraction of sp³-hybridized carbons (Fsp3) is 0.611. The Balaban J connectivity index is 1.56. The minimum atomic E-state index is 0.302. The lowest BCUT2D eigenvalue weighted by Crippen LogP contribution is -2.50. The monoisotopic (exact) mass is 320 g/mol. The fourth-order valence-electron chi connectivity index (χ4n) is 3.46. The summed E-state index contributed by atoms with van der Waals surface area (Å²) in [6.45, 7) is 3.04. The van der Waals surface area contributed by atoms with Gasteiger partial charge in [0, 0.05) is 37.1 Å². The van der Waals surface area contributed by atoms with Gasteiger partial charge in [-0.25, -0.2) is 0 Å². The number of benzene rings is 1. The van der Waals surface area contributed by atoms with Crippen LogP contribution in [0.25, 0.3) is 0 Å². The van der Waals surface area contributed by atoms with Gasteiger partial charge in [-0.15, -0.1) is 0 Å². The number of rotatable bonds is 4. The number of amides is 1. The Hall–Kier alpha value is -1.06. The predicted molar refractivity (Wildman–Crippen MR) is 89.9 cm³/mol. The van der Waals surface area contributed by atoms with E-state index in [0.717, 1.165) is 43.9 Å². The first-order valence-corrected chi connectivity index (χ1v) is 8.75. The number of likely N-dealkylation sites (tertiary alicyclic amines) is 1. The number of hydrogen-bond acceptors (Lipinski definition) is 2. The Bertz CT molecular complexity index is 512.